The normalized spacial score (nSPS) is 16.3. The lowest BCUT2D eigenvalue weighted by molar-refractivity contribution is 0.201. The minimum absolute atomic E-state index is 0.357. The lowest BCUT2D eigenvalue weighted by Crippen LogP contribution is -2.40. The molecule has 0 aromatic carbocycles. The van der Waals surface area contributed by atoms with Crippen LogP contribution in [0.4, 0.5) is 0 Å². The molecular formula is C16H26N4O. The zero-order chi connectivity index (χ0) is 15.1. The predicted molar refractivity (Wildman–Crippen MR) is 85.6 cm³/mol. The van der Waals surface area contributed by atoms with E-state index in [1.54, 1.807) is 7.05 Å². The van der Waals surface area contributed by atoms with Crippen molar-refractivity contribution in [2.24, 2.45) is 4.99 Å². The summed E-state index contributed by atoms with van der Waals surface area (Å²) >= 11 is 0. The minimum Gasteiger partial charge on any atom is -0.474 e. The highest BCUT2D eigenvalue weighted by molar-refractivity contribution is 5.79. The molecule has 0 radical (unpaired) electrons. The molecule has 0 unspecified atom stereocenters. The quantitative estimate of drug-likeness (QED) is 0.646. The summed E-state index contributed by atoms with van der Waals surface area (Å²) in [6.45, 7) is 4.87. The smallest absolute Gasteiger partial charge is 0.213 e. The van der Waals surface area contributed by atoms with Crippen LogP contribution in [0.5, 0.6) is 5.88 Å². The first-order chi connectivity index (χ1) is 10.2. The Morgan fingerprint density at radius 2 is 2.14 bits per heavy atom. The van der Waals surface area contributed by atoms with Gasteiger partial charge in [-0.05, 0) is 45.1 Å². The van der Waals surface area contributed by atoms with Crippen molar-refractivity contribution >= 4 is 5.96 Å². The number of aromatic nitrogens is 1. The average Bonchev–Trinajstić information content (AvgIpc) is 2.97. The lowest BCUT2D eigenvalue weighted by Gasteiger charge is -2.15. The highest BCUT2D eigenvalue weighted by Gasteiger charge is 2.16. The van der Waals surface area contributed by atoms with Gasteiger partial charge in [-0.2, -0.15) is 0 Å². The highest BCUT2D eigenvalue weighted by atomic mass is 16.5. The third kappa shape index (κ3) is 5.25. The van der Waals surface area contributed by atoms with Gasteiger partial charge in [-0.25, -0.2) is 4.98 Å². The van der Waals surface area contributed by atoms with Crippen LogP contribution in [0.15, 0.2) is 23.3 Å². The molecule has 1 aliphatic rings. The van der Waals surface area contributed by atoms with E-state index in [0.29, 0.717) is 18.7 Å². The maximum absolute atomic E-state index is 5.86. The third-order valence-corrected chi connectivity index (χ3v) is 3.50. The topological polar surface area (TPSA) is 58.5 Å². The number of ether oxygens (including phenoxy) is 1. The molecule has 116 valence electrons. The Balaban J connectivity index is 1.81. The minimum atomic E-state index is 0.357. The summed E-state index contributed by atoms with van der Waals surface area (Å²) in [5.41, 5.74) is 1.11. The molecule has 1 aromatic heterocycles. The molecule has 0 aliphatic heterocycles. The highest BCUT2D eigenvalue weighted by Crippen LogP contribution is 2.22. The van der Waals surface area contributed by atoms with Crippen LogP contribution in [0, 0.1) is 0 Å². The second-order valence-electron chi connectivity index (χ2n) is 5.75. The van der Waals surface area contributed by atoms with Crippen LogP contribution < -0.4 is 15.4 Å². The number of nitrogens with zero attached hydrogens (tertiary/aromatic N) is 2. The van der Waals surface area contributed by atoms with E-state index < -0.39 is 0 Å². The first-order valence-corrected chi connectivity index (χ1v) is 7.76. The Morgan fingerprint density at radius 1 is 1.38 bits per heavy atom. The van der Waals surface area contributed by atoms with Gasteiger partial charge in [-0.3, -0.25) is 4.99 Å². The molecule has 0 bridgehead atoms. The van der Waals surface area contributed by atoms with Gasteiger partial charge in [0, 0.05) is 31.9 Å². The number of nitrogens with one attached hydrogen (secondary N) is 2. The molecule has 0 saturated heterocycles. The van der Waals surface area contributed by atoms with Crippen molar-refractivity contribution in [3.05, 3.63) is 23.9 Å². The number of aliphatic imine (C=N–C) groups is 1. The Kier molecular flexibility index (Phi) is 5.84. The molecule has 1 aromatic rings. The summed E-state index contributed by atoms with van der Waals surface area (Å²) in [6.07, 6.45) is 7.07. The van der Waals surface area contributed by atoms with Gasteiger partial charge in [0.2, 0.25) is 5.88 Å². The summed E-state index contributed by atoms with van der Waals surface area (Å²) in [4.78, 5) is 8.56. The molecule has 5 heteroatoms. The molecule has 0 atom stereocenters. The standard InChI is InChI=1S/C16H26N4O/c1-12(2)20-16(17-3)19-11-13-8-9-15(18-10-13)21-14-6-4-5-7-14/h8-10,12,14H,4-7,11H2,1-3H3,(H2,17,19,20). The van der Waals surface area contributed by atoms with E-state index in [1.165, 1.54) is 12.8 Å². The summed E-state index contributed by atoms with van der Waals surface area (Å²) in [6, 6.07) is 4.36. The van der Waals surface area contributed by atoms with Crippen LogP contribution in [0.2, 0.25) is 0 Å². The Bertz CT molecular complexity index is 450. The van der Waals surface area contributed by atoms with Gasteiger partial charge in [0.05, 0.1) is 0 Å². The monoisotopic (exact) mass is 290 g/mol. The fourth-order valence-electron chi connectivity index (χ4n) is 2.42. The second-order valence-corrected chi connectivity index (χ2v) is 5.75. The van der Waals surface area contributed by atoms with Crippen LogP contribution in [0.3, 0.4) is 0 Å². The number of hydrogen-bond acceptors (Lipinski definition) is 3. The first kappa shape index (κ1) is 15.6. The van der Waals surface area contributed by atoms with E-state index in [9.17, 15) is 0 Å². The van der Waals surface area contributed by atoms with Crippen molar-refractivity contribution in [3.63, 3.8) is 0 Å². The molecule has 0 spiro atoms. The second kappa shape index (κ2) is 7.86. The molecule has 1 fully saturated rings. The average molecular weight is 290 g/mol. The van der Waals surface area contributed by atoms with Gasteiger partial charge in [-0.1, -0.05) is 6.07 Å². The van der Waals surface area contributed by atoms with E-state index in [2.05, 4.69) is 34.5 Å². The van der Waals surface area contributed by atoms with Crippen LogP contribution >= 0.6 is 0 Å². The molecule has 2 rings (SSSR count). The summed E-state index contributed by atoms with van der Waals surface area (Å²) < 4.78 is 5.86. The van der Waals surface area contributed by atoms with Crippen molar-refractivity contribution in [2.45, 2.75) is 58.2 Å². The summed E-state index contributed by atoms with van der Waals surface area (Å²) in [5.74, 6) is 1.53. The Labute approximate surface area is 127 Å². The largest absolute Gasteiger partial charge is 0.474 e. The number of guanidine groups is 1. The van der Waals surface area contributed by atoms with Gasteiger partial charge in [0.15, 0.2) is 5.96 Å². The third-order valence-electron chi connectivity index (χ3n) is 3.50. The SMILES string of the molecule is CN=C(NCc1ccc(OC2CCCC2)nc1)NC(C)C. The van der Waals surface area contributed by atoms with Gasteiger partial charge < -0.3 is 15.4 Å². The lowest BCUT2D eigenvalue weighted by atomic mass is 10.3. The van der Waals surface area contributed by atoms with Crippen LogP contribution in [-0.4, -0.2) is 30.1 Å². The number of pyridine rings is 1. The van der Waals surface area contributed by atoms with Gasteiger partial charge in [0.25, 0.3) is 0 Å². The van der Waals surface area contributed by atoms with Gasteiger partial charge >= 0.3 is 0 Å². The molecule has 1 saturated carbocycles. The molecule has 5 nitrogen and oxygen atoms in total. The zero-order valence-corrected chi connectivity index (χ0v) is 13.2. The number of hydrogen-bond donors (Lipinski definition) is 2. The van der Waals surface area contributed by atoms with Crippen molar-refractivity contribution in [3.8, 4) is 5.88 Å². The molecule has 1 heterocycles. The molecule has 21 heavy (non-hydrogen) atoms. The van der Waals surface area contributed by atoms with Crippen LogP contribution in [0.25, 0.3) is 0 Å². The Morgan fingerprint density at radius 3 is 2.71 bits per heavy atom. The maximum atomic E-state index is 5.86. The summed E-state index contributed by atoms with van der Waals surface area (Å²) in [7, 11) is 1.77. The Hall–Kier alpha value is -1.78. The van der Waals surface area contributed by atoms with E-state index in [4.69, 9.17) is 4.74 Å². The van der Waals surface area contributed by atoms with E-state index in [-0.39, 0.29) is 0 Å². The number of rotatable bonds is 5. The van der Waals surface area contributed by atoms with Crippen molar-refractivity contribution < 1.29 is 4.74 Å². The molecule has 1 aliphatic carbocycles. The van der Waals surface area contributed by atoms with Crippen molar-refractivity contribution in [2.75, 3.05) is 7.05 Å². The van der Waals surface area contributed by atoms with E-state index in [0.717, 1.165) is 30.2 Å². The van der Waals surface area contributed by atoms with Gasteiger partial charge in [0.1, 0.15) is 6.10 Å². The van der Waals surface area contributed by atoms with Crippen LogP contribution in [-0.2, 0) is 6.54 Å². The predicted octanol–water partition coefficient (Wildman–Crippen LogP) is 2.48. The van der Waals surface area contributed by atoms with Crippen molar-refractivity contribution in [1.82, 2.24) is 15.6 Å². The zero-order valence-electron chi connectivity index (χ0n) is 13.2. The molecular weight excluding hydrogens is 264 g/mol. The fourth-order valence-corrected chi connectivity index (χ4v) is 2.42. The first-order valence-electron chi connectivity index (χ1n) is 7.76. The van der Waals surface area contributed by atoms with Crippen LogP contribution in [0.1, 0.15) is 45.1 Å². The molecule has 2 N–H and O–H groups in total. The maximum Gasteiger partial charge on any atom is 0.213 e. The van der Waals surface area contributed by atoms with E-state index >= 15 is 0 Å². The van der Waals surface area contributed by atoms with Gasteiger partial charge in [-0.15, -0.1) is 0 Å². The fraction of sp³-hybridized carbons (Fsp3) is 0.625. The van der Waals surface area contributed by atoms with E-state index in [1.807, 2.05) is 18.3 Å². The summed E-state index contributed by atoms with van der Waals surface area (Å²) in [5, 5.41) is 6.52. The molecule has 0 amide bonds. The van der Waals surface area contributed by atoms with Crippen molar-refractivity contribution in [1.29, 1.82) is 0 Å².